The van der Waals surface area contributed by atoms with Gasteiger partial charge in [0, 0.05) is 34.6 Å². The summed E-state index contributed by atoms with van der Waals surface area (Å²) in [5.41, 5.74) is 10.1. The number of hydrogen-bond donors (Lipinski definition) is 2. The molecule has 1 heterocycles. The average Bonchev–Trinajstić information content (AvgIpc) is 2.46. The minimum absolute atomic E-state index is 0.0390. The number of aryl methyl sites for hydroxylation is 2. The lowest BCUT2D eigenvalue weighted by molar-refractivity contribution is -0.104. The molecule has 0 atom stereocenters. The standard InChI is InChI=1S/C16H17ClN4O/c1-10-8-12(17)4-5-13(10)15-14(9-18)11(2)20-16(19)21(15)6-3-7-22/h3-8,19H,9,18H2,1-2H3/b6-3+,19-16?. The van der Waals surface area contributed by atoms with Crippen molar-refractivity contribution < 1.29 is 4.79 Å². The summed E-state index contributed by atoms with van der Waals surface area (Å²) >= 11 is 6.02. The van der Waals surface area contributed by atoms with Crippen molar-refractivity contribution >= 4 is 24.1 Å². The Bertz CT molecular complexity index is 809. The van der Waals surface area contributed by atoms with Crippen LogP contribution in [0.15, 0.2) is 24.3 Å². The molecule has 0 unspecified atom stereocenters. The predicted molar refractivity (Wildman–Crippen MR) is 87.3 cm³/mol. The van der Waals surface area contributed by atoms with Gasteiger partial charge in [-0.3, -0.25) is 14.8 Å². The molecule has 2 aromatic rings. The van der Waals surface area contributed by atoms with E-state index in [1.807, 2.05) is 26.0 Å². The molecule has 6 heteroatoms. The fourth-order valence-electron chi connectivity index (χ4n) is 2.40. The molecular weight excluding hydrogens is 300 g/mol. The molecule has 0 spiro atoms. The van der Waals surface area contributed by atoms with Gasteiger partial charge in [-0.1, -0.05) is 17.7 Å². The van der Waals surface area contributed by atoms with Crippen LogP contribution >= 0.6 is 11.6 Å². The summed E-state index contributed by atoms with van der Waals surface area (Å²) in [5.74, 6) is 0. The van der Waals surface area contributed by atoms with E-state index in [2.05, 4.69) is 4.98 Å². The van der Waals surface area contributed by atoms with Crippen molar-refractivity contribution in [3.8, 4) is 11.3 Å². The van der Waals surface area contributed by atoms with Crippen LogP contribution in [0.25, 0.3) is 17.5 Å². The van der Waals surface area contributed by atoms with Crippen molar-refractivity contribution in [3.63, 3.8) is 0 Å². The van der Waals surface area contributed by atoms with Gasteiger partial charge in [-0.15, -0.1) is 0 Å². The first kappa shape index (κ1) is 16.1. The van der Waals surface area contributed by atoms with Crippen LogP contribution < -0.4 is 11.4 Å². The molecule has 0 saturated carbocycles. The van der Waals surface area contributed by atoms with Gasteiger partial charge in [-0.25, -0.2) is 4.98 Å². The average molecular weight is 317 g/mol. The molecule has 0 amide bonds. The number of nitrogens with one attached hydrogen (secondary N) is 1. The number of aldehydes is 1. The molecule has 0 aliphatic rings. The number of carbonyl (C=O) groups is 1. The largest absolute Gasteiger partial charge is 0.326 e. The Kier molecular flexibility index (Phi) is 4.90. The molecule has 5 nitrogen and oxygen atoms in total. The highest BCUT2D eigenvalue weighted by Crippen LogP contribution is 2.29. The Balaban J connectivity index is 2.89. The topological polar surface area (TPSA) is 84.8 Å². The summed E-state index contributed by atoms with van der Waals surface area (Å²) in [4.78, 5) is 14.8. The summed E-state index contributed by atoms with van der Waals surface area (Å²) in [6.45, 7) is 4.04. The minimum atomic E-state index is 0.0390. The van der Waals surface area contributed by atoms with E-state index in [4.69, 9.17) is 22.7 Å². The molecule has 2 rings (SSSR count). The molecule has 0 radical (unpaired) electrons. The predicted octanol–water partition coefficient (Wildman–Crippen LogP) is 2.43. The van der Waals surface area contributed by atoms with Crippen molar-refractivity contribution in [1.82, 2.24) is 9.55 Å². The number of hydrogen-bond acceptors (Lipinski definition) is 4. The second-order valence-corrected chi connectivity index (χ2v) is 5.30. The van der Waals surface area contributed by atoms with Gasteiger partial charge in [0.05, 0.1) is 5.69 Å². The normalized spacial score (nSPS) is 11.1. The fraction of sp³-hybridized carbons (Fsp3) is 0.188. The Morgan fingerprint density at radius 3 is 2.73 bits per heavy atom. The van der Waals surface area contributed by atoms with E-state index in [-0.39, 0.29) is 12.2 Å². The highest BCUT2D eigenvalue weighted by atomic mass is 35.5. The van der Waals surface area contributed by atoms with Gasteiger partial charge in [0.25, 0.3) is 0 Å². The van der Waals surface area contributed by atoms with Crippen LogP contribution in [-0.4, -0.2) is 15.8 Å². The molecule has 1 aromatic carbocycles. The van der Waals surface area contributed by atoms with E-state index in [0.717, 1.165) is 22.4 Å². The lowest BCUT2D eigenvalue weighted by atomic mass is 10.00. The smallest absolute Gasteiger partial charge is 0.226 e. The number of allylic oxidation sites excluding steroid dienone is 1. The summed E-state index contributed by atoms with van der Waals surface area (Å²) in [6.07, 6.45) is 3.50. The third kappa shape index (κ3) is 3.00. The zero-order valence-corrected chi connectivity index (χ0v) is 13.2. The van der Waals surface area contributed by atoms with Crippen LogP contribution in [0.3, 0.4) is 0 Å². The highest BCUT2D eigenvalue weighted by Gasteiger charge is 2.15. The van der Waals surface area contributed by atoms with Gasteiger partial charge in [-0.2, -0.15) is 0 Å². The lowest BCUT2D eigenvalue weighted by Crippen LogP contribution is -2.25. The number of nitrogens with zero attached hydrogens (tertiary/aromatic N) is 2. The summed E-state index contributed by atoms with van der Waals surface area (Å²) in [7, 11) is 0. The molecule has 114 valence electrons. The van der Waals surface area contributed by atoms with Crippen molar-refractivity contribution in [2.24, 2.45) is 5.73 Å². The monoisotopic (exact) mass is 316 g/mol. The zero-order chi connectivity index (χ0) is 16.3. The minimum Gasteiger partial charge on any atom is -0.326 e. The summed E-state index contributed by atoms with van der Waals surface area (Å²) in [6, 6.07) is 5.53. The van der Waals surface area contributed by atoms with E-state index in [1.54, 1.807) is 10.6 Å². The van der Waals surface area contributed by atoms with Gasteiger partial charge in [0.1, 0.15) is 6.29 Å². The van der Waals surface area contributed by atoms with Crippen LogP contribution in [0.5, 0.6) is 0 Å². The number of rotatable bonds is 4. The van der Waals surface area contributed by atoms with Crippen LogP contribution in [-0.2, 0) is 11.3 Å². The molecule has 3 N–H and O–H groups in total. The SMILES string of the molecule is Cc1cc(Cl)ccc1-c1c(CN)c(C)nc(=N)n1/C=C/C=O. The zero-order valence-electron chi connectivity index (χ0n) is 12.4. The maximum atomic E-state index is 10.6. The Labute approximate surface area is 133 Å². The van der Waals surface area contributed by atoms with Crippen molar-refractivity contribution in [3.05, 3.63) is 51.7 Å². The van der Waals surface area contributed by atoms with Crippen LogP contribution in [0, 0.1) is 19.3 Å². The Morgan fingerprint density at radius 2 is 2.14 bits per heavy atom. The highest BCUT2D eigenvalue weighted by molar-refractivity contribution is 6.30. The Hall–Kier alpha value is -2.24. The summed E-state index contributed by atoms with van der Waals surface area (Å²) < 4.78 is 1.56. The second-order valence-electron chi connectivity index (χ2n) is 4.86. The van der Waals surface area contributed by atoms with Crippen molar-refractivity contribution in [2.75, 3.05) is 0 Å². The number of carbonyl (C=O) groups excluding carboxylic acids is 1. The van der Waals surface area contributed by atoms with E-state index in [1.165, 1.54) is 12.3 Å². The first-order valence-corrected chi connectivity index (χ1v) is 7.12. The molecule has 22 heavy (non-hydrogen) atoms. The van der Waals surface area contributed by atoms with Gasteiger partial charge in [0.2, 0.25) is 5.62 Å². The first-order valence-electron chi connectivity index (χ1n) is 6.74. The number of nitrogens with two attached hydrogens (primary N) is 1. The van der Waals surface area contributed by atoms with Gasteiger partial charge < -0.3 is 5.73 Å². The number of aromatic nitrogens is 2. The molecule has 0 fully saturated rings. The maximum absolute atomic E-state index is 10.6. The third-order valence-corrected chi connectivity index (χ3v) is 3.66. The van der Waals surface area contributed by atoms with Gasteiger partial charge in [0.15, 0.2) is 0 Å². The van der Waals surface area contributed by atoms with Crippen LogP contribution in [0.4, 0.5) is 0 Å². The number of halogens is 1. The molecule has 1 aromatic heterocycles. The molecule has 0 bridgehead atoms. The van der Waals surface area contributed by atoms with E-state index in [0.29, 0.717) is 17.0 Å². The quantitative estimate of drug-likeness (QED) is 0.671. The Morgan fingerprint density at radius 1 is 1.41 bits per heavy atom. The molecule has 0 saturated heterocycles. The number of benzene rings is 1. The molecule has 0 aliphatic carbocycles. The lowest BCUT2D eigenvalue weighted by Gasteiger charge is -2.18. The maximum Gasteiger partial charge on any atom is 0.226 e. The van der Waals surface area contributed by atoms with Crippen molar-refractivity contribution in [1.29, 1.82) is 5.41 Å². The second kappa shape index (κ2) is 6.68. The van der Waals surface area contributed by atoms with Crippen LogP contribution in [0.2, 0.25) is 5.02 Å². The van der Waals surface area contributed by atoms with Gasteiger partial charge >= 0.3 is 0 Å². The molecule has 0 aliphatic heterocycles. The van der Waals surface area contributed by atoms with Crippen LogP contribution in [0.1, 0.15) is 16.8 Å². The van der Waals surface area contributed by atoms with E-state index < -0.39 is 0 Å². The van der Waals surface area contributed by atoms with Crippen molar-refractivity contribution in [2.45, 2.75) is 20.4 Å². The third-order valence-electron chi connectivity index (χ3n) is 3.43. The fourth-order valence-corrected chi connectivity index (χ4v) is 2.63. The molecular formula is C16H17ClN4O. The summed E-state index contributed by atoms with van der Waals surface area (Å²) in [5, 5.41) is 8.72. The first-order chi connectivity index (χ1) is 10.5. The van der Waals surface area contributed by atoms with E-state index >= 15 is 0 Å². The van der Waals surface area contributed by atoms with Gasteiger partial charge in [-0.05, 0) is 37.6 Å². The van der Waals surface area contributed by atoms with E-state index in [9.17, 15) is 4.79 Å².